The third-order valence-corrected chi connectivity index (χ3v) is 2.59. The van der Waals surface area contributed by atoms with Crippen molar-refractivity contribution < 1.29 is 19.2 Å². The smallest absolute Gasteiger partial charge is 0.314 e. The largest absolute Gasteiger partial charge is 0.429 e. The SMILES string of the molecule is CC(O)c1ccnc(Oc2c(F)cccc2[N+](=O)[O-])c1. The predicted molar refractivity (Wildman–Crippen MR) is 68.0 cm³/mol. The van der Waals surface area contributed by atoms with Gasteiger partial charge >= 0.3 is 5.69 Å². The summed E-state index contributed by atoms with van der Waals surface area (Å²) in [7, 11) is 0. The van der Waals surface area contributed by atoms with Gasteiger partial charge in [0.15, 0.2) is 5.82 Å². The van der Waals surface area contributed by atoms with E-state index in [1.165, 1.54) is 18.3 Å². The van der Waals surface area contributed by atoms with Crippen molar-refractivity contribution in [3.05, 3.63) is 58.0 Å². The Hall–Kier alpha value is -2.54. The molecule has 0 spiro atoms. The Morgan fingerprint density at radius 2 is 2.20 bits per heavy atom. The third-order valence-electron chi connectivity index (χ3n) is 2.59. The number of pyridine rings is 1. The summed E-state index contributed by atoms with van der Waals surface area (Å²) in [6, 6.07) is 6.37. The zero-order valence-corrected chi connectivity index (χ0v) is 10.5. The van der Waals surface area contributed by atoms with Crippen LogP contribution < -0.4 is 4.74 Å². The summed E-state index contributed by atoms with van der Waals surface area (Å²) in [4.78, 5) is 13.9. The van der Waals surface area contributed by atoms with Crippen LogP contribution in [0.1, 0.15) is 18.6 Å². The molecule has 1 unspecified atom stereocenters. The minimum Gasteiger partial charge on any atom is -0.429 e. The minimum atomic E-state index is -0.858. The summed E-state index contributed by atoms with van der Waals surface area (Å²) in [5.74, 6) is -1.40. The van der Waals surface area contributed by atoms with Gasteiger partial charge in [0.2, 0.25) is 11.6 Å². The quantitative estimate of drug-likeness (QED) is 0.686. The Bertz CT molecular complexity index is 646. The van der Waals surface area contributed by atoms with Crippen LogP contribution in [0.4, 0.5) is 10.1 Å². The van der Waals surface area contributed by atoms with Crippen molar-refractivity contribution >= 4 is 5.69 Å². The second-order valence-corrected chi connectivity index (χ2v) is 4.05. The molecule has 1 N–H and O–H groups in total. The molecule has 2 aromatic rings. The number of aromatic nitrogens is 1. The van der Waals surface area contributed by atoms with Gasteiger partial charge in [0, 0.05) is 18.3 Å². The first-order valence-electron chi connectivity index (χ1n) is 5.74. The lowest BCUT2D eigenvalue weighted by molar-refractivity contribution is -0.385. The van der Waals surface area contributed by atoms with E-state index in [-0.39, 0.29) is 5.88 Å². The molecule has 2 rings (SSSR count). The first kappa shape index (κ1) is 13.9. The highest BCUT2D eigenvalue weighted by molar-refractivity contribution is 5.48. The number of aliphatic hydroxyl groups is 1. The maximum atomic E-state index is 13.6. The van der Waals surface area contributed by atoms with E-state index in [1.807, 2.05) is 0 Å². The molecule has 0 bridgehead atoms. The summed E-state index contributed by atoms with van der Waals surface area (Å²) >= 11 is 0. The van der Waals surface area contributed by atoms with Crippen molar-refractivity contribution in [2.75, 3.05) is 0 Å². The van der Waals surface area contributed by atoms with Gasteiger partial charge in [0.25, 0.3) is 0 Å². The fourth-order valence-electron chi connectivity index (χ4n) is 1.59. The summed E-state index contributed by atoms with van der Waals surface area (Å²) in [6.45, 7) is 1.55. The maximum Gasteiger partial charge on any atom is 0.314 e. The maximum absolute atomic E-state index is 13.6. The molecule has 0 saturated carbocycles. The van der Waals surface area contributed by atoms with Crippen LogP contribution in [0.3, 0.4) is 0 Å². The average Bonchev–Trinajstić information content (AvgIpc) is 2.41. The van der Waals surface area contributed by atoms with Gasteiger partial charge in [0.1, 0.15) is 0 Å². The monoisotopic (exact) mass is 278 g/mol. The first-order chi connectivity index (χ1) is 9.49. The van der Waals surface area contributed by atoms with Gasteiger partial charge in [-0.2, -0.15) is 0 Å². The van der Waals surface area contributed by atoms with Crippen molar-refractivity contribution in [3.8, 4) is 11.6 Å². The molecule has 0 aliphatic heterocycles. The highest BCUT2D eigenvalue weighted by Crippen LogP contribution is 2.33. The Morgan fingerprint density at radius 1 is 1.45 bits per heavy atom. The number of hydrogen-bond acceptors (Lipinski definition) is 5. The predicted octanol–water partition coefficient (Wildman–Crippen LogP) is 2.97. The van der Waals surface area contributed by atoms with Gasteiger partial charge in [-0.3, -0.25) is 10.1 Å². The average molecular weight is 278 g/mol. The van der Waals surface area contributed by atoms with Crippen LogP contribution in [0.15, 0.2) is 36.5 Å². The van der Waals surface area contributed by atoms with Gasteiger partial charge in [-0.05, 0) is 24.6 Å². The highest BCUT2D eigenvalue weighted by Gasteiger charge is 2.20. The Balaban J connectivity index is 2.40. The summed E-state index contributed by atoms with van der Waals surface area (Å²) in [5, 5.41) is 20.3. The number of ether oxygens (including phenoxy) is 1. The summed E-state index contributed by atoms with van der Waals surface area (Å²) < 4.78 is 18.8. The van der Waals surface area contributed by atoms with Crippen LogP contribution in [0.2, 0.25) is 0 Å². The van der Waals surface area contributed by atoms with E-state index in [0.717, 1.165) is 12.1 Å². The molecule has 1 aromatic heterocycles. The molecule has 1 aromatic carbocycles. The van der Waals surface area contributed by atoms with Gasteiger partial charge in [-0.15, -0.1) is 0 Å². The molecule has 0 aliphatic rings. The van der Waals surface area contributed by atoms with E-state index >= 15 is 0 Å². The normalized spacial score (nSPS) is 11.9. The number of benzene rings is 1. The number of nitro benzene ring substituents is 1. The number of aliphatic hydroxyl groups excluding tert-OH is 1. The van der Waals surface area contributed by atoms with Crippen molar-refractivity contribution in [1.82, 2.24) is 4.98 Å². The fraction of sp³-hybridized carbons (Fsp3) is 0.154. The lowest BCUT2D eigenvalue weighted by Gasteiger charge is -2.09. The molecule has 20 heavy (non-hydrogen) atoms. The van der Waals surface area contributed by atoms with Crippen LogP contribution in [-0.2, 0) is 0 Å². The molecule has 0 aliphatic carbocycles. The number of nitrogens with zero attached hydrogens (tertiary/aromatic N) is 2. The van der Waals surface area contributed by atoms with Crippen molar-refractivity contribution in [1.29, 1.82) is 0 Å². The summed E-state index contributed by atoms with van der Waals surface area (Å²) in [5.41, 5.74) is 0.0169. The molecular weight excluding hydrogens is 267 g/mol. The molecule has 0 amide bonds. The number of para-hydroxylation sites is 1. The van der Waals surface area contributed by atoms with Crippen molar-refractivity contribution in [3.63, 3.8) is 0 Å². The number of rotatable bonds is 4. The van der Waals surface area contributed by atoms with E-state index in [4.69, 9.17) is 4.74 Å². The first-order valence-corrected chi connectivity index (χ1v) is 5.74. The molecule has 104 valence electrons. The second-order valence-electron chi connectivity index (χ2n) is 4.05. The molecule has 0 radical (unpaired) electrons. The van der Waals surface area contributed by atoms with E-state index in [1.54, 1.807) is 13.0 Å². The number of hydrogen-bond donors (Lipinski definition) is 1. The molecule has 0 saturated heterocycles. The lowest BCUT2D eigenvalue weighted by Crippen LogP contribution is -1.98. The Morgan fingerprint density at radius 3 is 2.85 bits per heavy atom. The topological polar surface area (TPSA) is 85.5 Å². The number of halogens is 1. The van der Waals surface area contributed by atoms with Gasteiger partial charge in [-0.25, -0.2) is 9.37 Å². The van der Waals surface area contributed by atoms with Gasteiger partial charge in [-0.1, -0.05) is 6.07 Å². The van der Waals surface area contributed by atoms with Crippen LogP contribution in [0, 0.1) is 15.9 Å². The molecule has 0 fully saturated rings. The van der Waals surface area contributed by atoms with E-state index in [9.17, 15) is 19.6 Å². The molecule has 1 heterocycles. The van der Waals surface area contributed by atoms with Gasteiger partial charge < -0.3 is 9.84 Å². The summed E-state index contributed by atoms with van der Waals surface area (Å²) in [6.07, 6.45) is 0.611. The van der Waals surface area contributed by atoms with E-state index < -0.39 is 28.3 Å². The highest BCUT2D eigenvalue weighted by atomic mass is 19.1. The fourth-order valence-corrected chi connectivity index (χ4v) is 1.59. The molecule has 1 atom stereocenters. The molecular formula is C13H11FN2O4. The lowest BCUT2D eigenvalue weighted by atomic mass is 10.2. The Labute approximate surface area is 113 Å². The van der Waals surface area contributed by atoms with Crippen LogP contribution >= 0.6 is 0 Å². The zero-order chi connectivity index (χ0) is 14.7. The zero-order valence-electron chi connectivity index (χ0n) is 10.5. The standard InChI is InChI=1S/C13H11FN2O4/c1-8(17)9-5-6-15-12(7-9)20-13-10(14)3-2-4-11(13)16(18)19/h2-8,17H,1H3. The van der Waals surface area contributed by atoms with Crippen LogP contribution in [0.25, 0.3) is 0 Å². The van der Waals surface area contributed by atoms with Crippen molar-refractivity contribution in [2.24, 2.45) is 0 Å². The van der Waals surface area contributed by atoms with Crippen LogP contribution in [0.5, 0.6) is 11.6 Å². The third kappa shape index (κ3) is 2.89. The molecule has 7 heteroatoms. The minimum absolute atomic E-state index is 0.0309. The number of nitro groups is 1. The molecule has 6 nitrogen and oxygen atoms in total. The Kier molecular flexibility index (Phi) is 3.90. The van der Waals surface area contributed by atoms with E-state index in [0.29, 0.717) is 5.56 Å². The van der Waals surface area contributed by atoms with E-state index in [2.05, 4.69) is 4.98 Å². The second kappa shape index (κ2) is 5.62. The van der Waals surface area contributed by atoms with Gasteiger partial charge in [0.05, 0.1) is 11.0 Å². The van der Waals surface area contributed by atoms with Crippen LogP contribution in [-0.4, -0.2) is 15.0 Å². The van der Waals surface area contributed by atoms with Crippen molar-refractivity contribution in [2.45, 2.75) is 13.0 Å².